The Bertz CT molecular complexity index is 707. The molecule has 0 saturated carbocycles. The number of thioether (sulfide) groups is 1. The molecular weight excluding hydrogens is 346 g/mol. The van der Waals surface area contributed by atoms with E-state index in [1.165, 1.54) is 11.8 Å². The summed E-state index contributed by atoms with van der Waals surface area (Å²) in [4.78, 5) is 11.9. The van der Waals surface area contributed by atoms with E-state index in [0.717, 1.165) is 44.8 Å². The van der Waals surface area contributed by atoms with Crippen molar-refractivity contribution in [3.8, 4) is 0 Å². The van der Waals surface area contributed by atoms with Crippen molar-refractivity contribution >= 4 is 11.8 Å². The molecule has 138 valence electrons. The van der Waals surface area contributed by atoms with Crippen LogP contribution < -0.4 is 5.69 Å². The maximum absolute atomic E-state index is 11.9. The van der Waals surface area contributed by atoms with Crippen LogP contribution in [0.2, 0.25) is 0 Å². The maximum atomic E-state index is 11.9. The highest BCUT2D eigenvalue weighted by Gasteiger charge is 2.18. The van der Waals surface area contributed by atoms with Gasteiger partial charge in [0.25, 0.3) is 0 Å². The molecule has 1 N–H and O–H groups in total. The number of rotatable bonds is 9. The van der Waals surface area contributed by atoms with Gasteiger partial charge in [0.1, 0.15) is 0 Å². The Balaban J connectivity index is 1.59. The third kappa shape index (κ3) is 4.89. The first-order chi connectivity index (χ1) is 12.3. The number of hydrogen-bond acceptors (Lipinski definition) is 8. The van der Waals surface area contributed by atoms with Crippen LogP contribution in [0.3, 0.4) is 0 Å². The van der Waals surface area contributed by atoms with E-state index in [4.69, 9.17) is 9.47 Å². The molecule has 2 aromatic rings. The van der Waals surface area contributed by atoms with Crippen LogP contribution in [0.15, 0.2) is 9.95 Å². The first kappa shape index (κ1) is 18.1. The number of aromatic amines is 1. The molecule has 0 spiro atoms. The van der Waals surface area contributed by atoms with E-state index in [0.29, 0.717) is 30.0 Å². The highest BCUT2D eigenvalue weighted by molar-refractivity contribution is 7.98. The van der Waals surface area contributed by atoms with Crippen molar-refractivity contribution in [2.75, 3.05) is 26.9 Å². The second kappa shape index (κ2) is 9.11. The molecule has 1 fully saturated rings. The summed E-state index contributed by atoms with van der Waals surface area (Å²) in [5, 5.41) is 19.2. The van der Waals surface area contributed by atoms with Gasteiger partial charge in [-0.25, -0.2) is 14.6 Å². The molecule has 3 heterocycles. The van der Waals surface area contributed by atoms with Gasteiger partial charge in [0.2, 0.25) is 0 Å². The Morgan fingerprint density at radius 2 is 2.24 bits per heavy atom. The van der Waals surface area contributed by atoms with Crippen molar-refractivity contribution in [2.45, 2.75) is 43.3 Å². The van der Waals surface area contributed by atoms with Crippen molar-refractivity contribution in [2.24, 2.45) is 5.92 Å². The fraction of sp³-hybridized carbons (Fsp3) is 0.786. The zero-order valence-corrected chi connectivity index (χ0v) is 15.1. The minimum atomic E-state index is -0.208. The lowest BCUT2D eigenvalue weighted by Gasteiger charge is -2.21. The number of aromatic nitrogens is 7. The zero-order chi connectivity index (χ0) is 17.5. The molecule has 0 amide bonds. The van der Waals surface area contributed by atoms with Crippen LogP contribution in [0.5, 0.6) is 0 Å². The maximum Gasteiger partial charge on any atom is 0.343 e. The van der Waals surface area contributed by atoms with E-state index in [1.807, 2.05) is 4.68 Å². The molecule has 0 radical (unpaired) electrons. The summed E-state index contributed by atoms with van der Waals surface area (Å²) in [5.41, 5.74) is -0.208. The van der Waals surface area contributed by atoms with Crippen LogP contribution in [-0.4, -0.2) is 61.9 Å². The molecule has 25 heavy (non-hydrogen) atoms. The molecule has 0 unspecified atom stereocenters. The lowest BCUT2D eigenvalue weighted by atomic mass is 10.0. The molecule has 0 aliphatic carbocycles. The molecule has 10 nitrogen and oxygen atoms in total. The van der Waals surface area contributed by atoms with Crippen LogP contribution in [0.25, 0.3) is 0 Å². The lowest BCUT2D eigenvalue weighted by Crippen LogP contribution is -2.22. The van der Waals surface area contributed by atoms with Gasteiger partial charge in [-0.3, -0.25) is 4.57 Å². The summed E-state index contributed by atoms with van der Waals surface area (Å²) in [5.74, 6) is 1.89. The number of H-pyrrole nitrogens is 1. The monoisotopic (exact) mass is 369 g/mol. The largest absolute Gasteiger partial charge is 0.385 e. The summed E-state index contributed by atoms with van der Waals surface area (Å²) in [6.07, 6.45) is 2.82. The van der Waals surface area contributed by atoms with Gasteiger partial charge < -0.3 is 9.47 Å². The molecule has 1 aliphatic rings. The zero-order valence-electron chi connectivity index (χ0n) is 14.3. The van der Waals surface area contributed by atoms with Crippen LogP contribution >= 0.6 is 11.8 Å². The molecule has 0 bridgehead atoms. The number of hydrogen-bond donors (Lipinski definition) is 1. The molecule has 2 aromatic heterocycles. The Morgan fingerprint density at radius 1 is 1.40 bits per heavy atom. The van der Waals surface area contributed by atoms with E-state index in [2.05, 4.69) is 25.7 Å². The summed E-state index contributed by atoms with van der Waals surface area (Å²) in [6.45, 7) is 3.58. The summed E-state index contributed by atoms with van der Waals surface area (Å²) in [7, 11) is 1.64. The summed E-state index contributed by atoms with van der Waals surface area (Å²) < 4.78 is 13.9. The first-order valence-corrected chi connectivity index (χ1v) is 9.36. The quantitative estimate of drug-likeness (QED) is 0.496. The standard InChI is InChI=1S/C14H23N7O3S/c1-23-6-2-5-20-13(22)16-17-14(20)25-10-12-15-18-19-21(12)9-11-3-7-24-8-4-11/h11H,2-10H2,1H3,(H,16,22). The SMILES string of the molecule is COCCCn1c(SCc2nnnn2CC2CCOCC2)n[nH]c1=O. The molecule has 11 heteroatoms. The minimum Gasteiger partial charge on any atom is -0.385 e. The Kier molecular flexibility index (Phi) is 6.59. The van der Waals surface area contributed by atoms with E-state index in [1.54, 1.807) is 11.7 Å². The Morgan fingerprint density at radius 3 is 3.04 bits per heavy atom. The average molecular weight is 369 g/mol. The number of nitrogens with one attached hydrogen (secondary N) is 1. The predicted octanol–water partition coefficient (Wildman–Crippen LogP) is 0.313. The highest BCUT2D eigenvalue weighted by Crippen LogP contribution is 2.21. The van der Waals surface area contributed by atoms with Crippen molar-refractivity contribution in [3.05, 3.63) is 16.3 Å². The van der Waals surface area contributed by atoms with Crippen molar-refractivity contribution in [1.29, 1.82) is 0 Å². The first-order valence-electron chi connectivity index (χ1n) is 8.37. The van der Waals surface area contributed by atoms with E-state index < -0.39 is 0 Å². The van der Waals surface area contributed by atoms with E-state index in [-0.39, 0.29) is 5.69 Å². The fourth-order valence-corrected chi connectivity index (χ4v) is 3.65. The van der Waals surface area contributed by atoms with Gasteiger partial charge in [-0.05, 0) is 35.6 Å². The van der Waals surface area contributed by atoms with Gasteiger partial charge in [-0.15, -0.1) is 10.2 Å². The number of tetrazole rings is 1. The second-order valence-electron chi connectivity index (χ2n) is 5.93. The smallest absolute Gasteiger partial charge is 0.343 e. The molecule has 1 saturated heterocycles. The topological polar surface area (TPSA) is 113 Å². The third-order valence-electron chi connectivity index (χ3n) is 4.16. The molecule has 3 rings (SSSR count). The van der Waals surface area contributed by atoms with Crippen LogP contribution in [0.4, 0.5) is 0 Å². The third-order valence-corrected chi connectivity index (χ3v) is 5.13. The van der Waals surface area contributed by atoms with Crippen molar-refractivity contribution < 1.29 is 9.47 Å². The molecule has 0 aromatic carbocycles. The fourth-order valence-electron chi connectivity index (χ4n) is 2.75. The molecule has 1 aliphatic heterocycles. The van der Waals surface area contributed by atoms with Gasteiger partial charge in [-0.2, -0.15) is 0 Å². The number of methoxy groups -OCH3 is 1. The second-order valence-corrected chi connectivity index (χ2v) is 6.87. The summed E-state index contributed by atoms with van der Waals surface area (Å²) >= 11 is 1.45. The molecular formula is C14H23N7O3S. The van der Waals surface area contributed by atoms with Crippen LogP contribution in [0.1, 0.15) is 25.1 Å². The predicted molar refractivity (Wildman–Crippen MR) is 90.3 cm³/mol. The average Bonchev–Trinajstić information content (AvgIpc) is 3.21. The lowest BCUT2D eigenvalue weighted by molar-refractivity contribution is 0.0597. The molecule has 0 atom stereocenters. The van der Waals surface area contributed by atoms with Crippen molar-refractivity contribution in [1.82, 2.24) is 35.0 Å². The number of ether oxygens (including phenoxy) is 2. The van der Waals surface area contributed by atoms with Crippen LogP contribution in [0, 0.1) is 5.92 Å². The Hall–Kier alpha value is -1.72. The van der Waals surface area contributed by atoms with Crippen molar-refractivity contribution in [3.63, 3.8) is 0 Å². The Labute approximate surface area is 149 Å². The van der Waals surface area contributed by atoms with E-state index in [9.17, 15) is 4.79 Å². The van der Waals surface area contributed by atoms with Gasteiger partial charge in [0.05, 0.1) is 5.75 Å². The number of nitrogens with zero attached hydrogens (tertiary/aromatic N) is 6. The van der Waals surface area contributed by atoms with Gasteiger partial charge in [0.15, 0.2) is 11.0 Å². The highest BCUT2D eigenvalue weighted by atomic mass is 32.2. The van der Waals surface area contributed by atoms with E-state index >= 15 is 0 Å². The summed E-state index contributed by atoms with van der Waals surface area (Å²) in [6, 6.07) is 0. The normalized spacial score (nSPS) is 15.7. The van der Waals surface area contributed by atoms with Crippen LogP contribution in [-0.2, 0) is 28.3 Å². The minimum absolute atomic E-state index is 0.208. The van der Waals surface area contributed by atoms with Gasteiger partial charge >= 0.3 is 5.69 Å². The van der Waals surface area contributed by atoms with Gasteiger partial charge in [0, 0.05) is 40.0 Å². The van der Waals surface area contributed by atoms with Gasteiger partial charge in [-0.1, -0.05) is 11.8 Å².